The molecule has 1 saturated heterocycles. The van der Waals surface area contributed by atoms with Crippen LogP contribution in [0.3, 0.4) is 0 Å². The second kappa shape index (κ2) is 5.69. The van der Waals surface area contributed by atoms with Gasteiger partial charge in [-0.3, -0.25) is 4.79 Å². The minimum absolute atomic E-state index is 0.0224. The van der Waals surface area contributed by atoms with Crippen molar-refractivity contribution >= 4 is 44.5 Å². The summed E-state index contributed by atoms with van der Waals surface area (Å²) < 4.78 is 1.02. The van der Waals surface area contributed by atoms with E-state index in [0.717, 1.165) is 23.0 Å². The predicted molar refractivity (Wildman–Crippen MR) is 75.7 cm³/mol. The van der Waals surface area contributed by atoms with Crippen molar-refractivity contribution in [2.75, 3.05) is 0 Å². The zero-order chi connectivity index (χ0) is 12.3. The second-order valence-corrected chi connectivity index (χ2v) is 5.88. The van der Waals surface area contributed by atoms with Gasteiger partial charge in [-0.05, 0) is 30.7 Å². The van der Waals surface area contributed by atoms with Crippen molar-refractivity contribution in [3.63, 3.8) is 0 Å². The molecule has 1 fully saturated rings. The summed E-state index contributed by atoms with van der Waals surface area (Å²) in [7, 11) is 0. The molecule has 2 rings (SSSR count). The summed E-state index contributed by atoms with van der Waals surface area (Å²) in [6.07, 6.45) is 1.91. The Morgan fingerprint density at radius 2 is 2.12 bits per heavy atom. The lowest BCUT2D eigenvalue weighted by molar-refractivity contribution is -0.118. The number of nitrogens with zero attached hydrogens (tertiary/aromatic N) is 1. The first-order chi connectivity index (χ1) is 8.19. The minimum atomic E-state index is 0.0224. The number of carbonyl (C=O) groups excluding carboxylic acids is 1. The molecule has 1 aromatic rings. The Balaban J connectivity index is 2.09. The summed E-state index contributed by atoms with van der Waals surface area (Å²) in [6, 6.07) is 7.70. The predicted octanol–water partition coefficient (Wildman–Crippen LogP) is 3.47. The van der Waals surface area contributed by atoms with E-state index in [-0.39, 0.29) is 11.2 Å². The third-order valence-corrected chi connectivity index (χ3v) is 4.06. The smallest absolute Gasteiger partial charge is 0.239 e. The Bertz CT molecular complexity index is 444. The zero-order valence-electron chi connectivity index (χ0n) is 9.44. The molecule has 5 heteroatoms. The summed E-state index contributed by atoms with van der Waals surface area (Å²) in [4.78, 5) is 16.0. The second-order valence-electron chi connectivity index (χ2n) is 3.78. The third-order valence-electron chi connectivity index (χ3n) is 2.38. The molecule has 1 unspecified atom stereocenters. The topological polar surface area (TPSA) is 41.5 Å². The van der Waals surface area contributed by atoms with E-state index in [1.165, 1.54) is 11.8 Å². The number of hydrogen-bond donors (Lipinski definition) is 1. The molecular weight excluding hydrogens is 300 g/mol. The Morgan fingerprint density at radius 1 is 1.41 bits per heavy atom. The standard InChI is InChI=1S/C12H13BrN2OS/c1-2-3-10-11(16)15-12(17-10)14-9-6-4-8(13)5-7-9/h4-7,10H,2-3H2,1H3,(H,14,15,16). The van der Waals surface area contributed by atoms with E-state index in [0.29, 0.717) is 5.17 Å². The van der Waals surface area contributed by atoms with Gasteiger partial charge in [0.2, 0.25) is 5.91 Å². The van der Waals surface area contributed by atoms with Crippen LogP contribution in [0.15, 0.2) is 33.7 Å². The van der Waals surface area contributed by atoms with Crippen molar-refractivity contribution in [3.8, 4) is 0 Å². The highest BCUT2D eigenvalue weighted by Gasteiger charge is 2.28. The average Bonchev–Trinajstić information content (AvgIpc) is 2.63. The Morgan fingerprint density at radius 3 is 2.76 bits per heavy atom. The Hall–Kier alpha value is -0.810. The van der Waals surface area contributed by atoms with Crippen molar-refractivity contribution < 1.29 is 4.79 Å². The van der Waals surface area contributed by atoms with E-state index in [4.69, 9.17) is 0 Å². The van der Waals surface area contributed by atoms with E-state index in [2.05, 4.69) is 33.2 Å². The van der Waals surface area contributed by atoms with Crippen LogP contribution in [0.1, 0.15) is 19.8 Å². The molecule has 0 aromatic heterocycles. The summed E-state index contributed by atoms with van der Waals surface area (Å²) in [5.41, 5.74) is 0.855. The van der Waals surface area contributed by atoms with Crippen LogP contribution in [0, 0.1) is 0 Å². The number of halogens is 1. The number of amides is 1. The maximum Gasteiger partial charge on any atom is 0.239 e. The number of rotatable bonds is 3. The van der Waals surface area contributed by atoms with E-state index in [1.807, 2.05) is 24.3 Å². The molecule has 1 aliphatic heterocycles. The maximum absolute atomic E-state index is 11.6. The van der Waals surface area contributed by atoms with Gasteiger partial charge in [0, 0.05) is 4.47 Å². The van der Waals surface area contributed by atoms with Gasteiger partial charge in [0.1, 0.15) is 0 Å². The molecule has 1 aromatic carbocycles. The van der Waals surface area contributed by atoms with Crippen LogP contribution in [-0.2, 0) is 4.79 Å². The first-order valence-corrected chi connectivity index (χ1v) is 7.18. The number of amidine groups is 1. The number of benzene rings is 1. The van der Waals surface area contributed by atoms with Crippen molar-refractivity contribution in [2.24, 2.45) is 4.99 Å². The van der Waals surface area contributed by atoms with Gasteiger partial charge in [-0.15, -0.1) is 0 Å². The molecule has 1 amide bonds. The lowest BCUT2D eigenvalue weighted by atomic mass is 10.2. The van der Waals surface area contributed by atoms with Crippen LogP contribution in [0.25, 0.3) is 0 Å². The van der Waals surface area contributed by atoms with Crippen LogP contribution in [0.2, 0.25) is 0 Å². The number of hydrogen-bond acceptors (Lipinski definition) is 3. The average molecular weight is 313 g/mol. The van der Waals surface area contributed by atoms with Gasteiger partial charge in [-0.25, -0.2) is 4.99 Å². The highest BCUT2D eigenvalue weighted by Crippen LogP contribution is 2.26. The van der Waals surface area contributed by atoms with E-state index in [9.17, 15) is 4.79 Å². The van der Waals surface area contributed by atoms with Gasteiger partial charge >= 0.3 is 0 Å². The van der Waals surface area contributed by atoms with Gasteiger partial charge in [0.25, 0.3) is 0 Å². The molecule has 90 valence electrons. The fraction of sp³-hybridized carbons (Fsp3) is 0.333. The van der Waals surface area contributed by atoms with Crippen molar-refractivity contribution in [2.45, 2.75) is 25.0 Å². The first kappa shape index (κ1) is 12.6. The van der Waals surface area contributed by atoms with Crippen LogP contribution in [0.4, 0.5) is 5.69 Å². The van der Waals surface area contributed by atoms with Crippen molar-refractivity contribution in [1.29, 1.82) is 0 Å². The molecule has 0 aliphatic carbocycles. The fourth-order valence-electron chi connectivity index (χ4n) is 1.54. The molecule has 0 bridgehead atoms. The number of aliphatic imine (C=N–C) groups is 1. The molecule has 0 radical (unpaired) electrons. The SMILES string of the molecule is CCCC1SC(=Nc2ccc(Br)cc2)NC1=O. The number of carbonyl (C=O) groups is 1. The van der Waals surface area contributed by atoms with Gasteiger partial charge in [0.15, 0.2) is 5.17 Å². The zero-order valence-corrected chi connectivity index (χ0v) is 11.8. The lowest BCUT2D eigenvalue weighted by Crippen LogP contribution is -2.24. The molecular formula is C12H13BrN2OS. The lowest BCUT2D eigenvalue weighted by Gasteiger charge is -2.00. The molecule has 0 spiro atoms. The van der Waals surface area contributed by atoms with Crippen LogP contribution >= 0.6 is 27.7 Å². The quantitative estimate of drug-likeness (QED) is 0.928. The molecule has 0 saturated carbocycles. The summed E-state index contributed by atoms with van der Waals surface area (Å²) in [5, 5.41) is 3.54. The van der Waals surface area contributed by atoms with E-state index >= 15 is 0 Å². The van der Waals surface area contributed by atoms with Gasteiger partial charge in [0.05, 0.1) is 10.9 Å². The van der Waals surface area contributed by atoms with Crippen LogP contribution in [0.5, 0.6) is 0 Å². The Kier molecular flexibility index (Phi) is 4.23. The van der Waals surface area contributed by atoms with Crippen LogP contribution < -0.4 is 5.32 Å². The minimum Gasteiger partial charge on any atom is -0.304 e. The van der Waals surface area contributed by atoms with Gasteiger partial charge < -0.3 is 5.32 Å². The molecule has 1 atom stereocenters. The number of nitrogens with one attached hydrogen (secondary N) is 1. The highest BCUT2D eigenvalue weighted by molar-refractivity contribution is 9.10. The summed E-state index contributed by atoms with van der Waals surface area (Å²) >= 11 is 4.89. The molecule has 1 N–H and O–H groups in total. The Labute approximate surface area is 113 Å². The van der Waals surface area contributed by atoms with Crippen LogP contribution in [-0.4, -0.2) is 16.3 Å². The highest BCUT2D eigenvalue weighted by atomic mass is 79.9. The molecule has 1 heterocycles. The summed E-state index contributed by atoms with van der Waals surface area (Å²) in [5.74, 6) is 0.0766. The monoisotopic (exact) mass is 312 g/mol. The first-order valence-electron chi connectivity index (χ1n) is 5.51. The fourth-order valence-corrected chi connectivity index (χ4v) is 2.91. The normalized spacial score (nSPS) is 21.9. The van der Waals surface area contributed by atoms with E-state index in [1.54, 1.807) is 0 Å². The largest absolute Gasteiger partial charge is 0.304 e. The maximum atomic E-state index is 11.6. The van der Waals surface area contributed by atoms with Crippen molar-refractivity contribution in [1.82, 2.24) is 5.32 Å². The molecule has 17 heavy (non-hydrogen) atoms. The van der Waals surface area contributed by atoms with Gasteiger partial charge in [-0.1, -0.05) is 41.0 Å². The van der Waals surface area contributed by atoms with Gasteiger partial charge in [-0.2, -0.15) is 0 Å². The third kappa shape index (κ3) is 3.33. The molecule has 3 nitrogen and oxygen atoms in total. The summed E-state index contributed by atoms with van der Waals surface area (Å²) in [6.45, 7) is 2.08. The van der Waals surface area contributed by atoms with E-state index < -0.39 is 0 Å². The number of thioether (sulfide) groups is 1. The molecule has 1 aliphatic rings. The van der Waals surface area contributed by atoms with Crippen molar-refractivity contribution in [3.05, 3.63) is 28.7 Å².